The summed E-state index contributed by atoms with van der Waals surface area (Å²) in [6.45, 7) is 7.35. The van der Waals surface area contributed by atoms with Crippen molar-refractivity contribution in [3.8, 4) is 0 Å². The van der Waals surface area contributed by atoms with Crippen molar-refractivity contribution in [2.75, 3.05) is 7.11 Å². The average molecular weight is 345 g/mol. The number of ether oxygens (including phenoxy) is 1. The van der Waals surface area contributed by atoms with Crippen LogP contribution in [0.25, 0.3) is 0 Å². The zero-order chi connectivity index (χ0) is 17.6. The second kappa shape index (κ2) is 5.12. The summed E-state index contributed by atoms with van der Waals surface area (Å²) in [4.78, 5) is 11.5. The molecule has 0 aromatic carbocycles. The normalized spacial score (nSPS) is 60.2. The van der Waals surface area contributed by atoms with Gasteiger partial charge < -0.3 is 9.53 Å². The molecule has 0 amide bonds. The molecule has 5 fully saturated rings. The predicted octanol–water partition coefficient (Wildman–Crippen LogP) is 5.11. The lowest BCUT2D eigenvalue weighted by molar-refractivity contribution is -0.161. The smallest absolute Gasteiger partial charge is 0.123 e. The Bertz CT molecular complexity index is 587. The molecule has 0 aromatic heterocycles. The molecule has 0 aliphatic heterocycles. The number of hydrogen-bond acceptors (Lipinski definition) is 2. The van der Waals surface area contributed by atoms with Crippen LogP contribution in [-0.4, -0.2) is 19.5 Å². The van der Waals surface area contributed by atoms with Crippen LogP contribution in [0.4, 0.5) is 0 Å². The summed E-state index contributed by atoms with van der Waals surface area (Å²) in [6, 6.07) is 0. The molecular weight excluding hydrogens is 308 g/mol. The molecule has 0 bridgehead atoms. The molecule has 10 atom stereocenters. The van der Waals surface area contributed by atoms with Gasteiger partial charge in [0.2, 0.25) is 0 Å². The lowest BCUT2D eigenvalue weighted by Crippen LogP contribution is -2.57. The van der Waals surface area contributed by atoms with Gasteiger partial charge in [0, 0.05) is 18.4 Å². The molecule has 0 radical (unpaired) electrons. The van der Waals surface area contributed by atoms with Gasteiger partial charge in [0.15, 0.2) is 0 Å². The zero-order valence-electron chi connectivity index (χ0n) is 16.6. The first-order chi connectivity index (χ1) is 11.9. The molecule has 5 aliphatic rings. The van der Waals surface area contributed by atoms with Crippen LogP contribution in [0, 0.1) is 51.8 Å². The van der Waals surface area contributed by atoms with Gasteiger partial charge in [-0.25, -0.2) is 0 Å². The van der Waals surface area contributed by atoms with E-state index < -0.39 is 0 Å². The molecule has 5 rings (SSSR count). The van der Waals surface area contributed by atoms with E-state index >= 15 is 0 Å². The number of hydrogen-bond donors (Lipinski definition) is 0. The van der Waals surface area contributed by atoms with E-state index in [9.17, 15) is 4.79 Å². The third-order valence-corrected chi connectivity index (χ3v) is 10.8. The Balaban J connectivity index is 1.50. The van der Waals surface area contributed by atoms with Crippen LogP contribution < -0.4 is 0 Å². The van der Waals surface area contributed by atoms with Crippen LogP contribution in [0.3, 0.4) is 0 Å². The minimum atomic E-state index is 0.231. The van der Waals surface area contributed by atoms with Gasteiger partial charge in [0.05, 0.1) is 6.10 Å². The summed E-state index contributed by atoms with van der Waals surface area (Å²) in [7, 11) is 1.97. The molecule has 0 unspecified atom stereocenters. The lowest BCUT2D eigenvalue weighted by atomic mass is 9.45. The summed E-state index contributed by atoms with van der Waals surface area (Å²) in [5.74, 6) is 4.37. The van der Waals surface area contributed by atoms with E-state index in [4.69, 9.17) is 4.74 Å². The molecule has 5 aliphatic carbocycles. The fraction of sp³-hybridized carbons (Fsp3) is 0.957. The first kappa shape index (κ1) is 16.8. The first-order valence-corrected chi connectivity index (χ1v) is 10.9. The molecule has 0 aromatic rings. The number of carbonyl (C=O) groups is 1. The van der Waals surface area contributed by atoms with Crippen molar-refractivity contribution in [3.05, 3.63) is 0 Å². The minimum Gasteiger partial charge on any atom is -0.381 e. The fourth-order valence-corrected chi connectivity index (χ4v) is 9.58. The van der Waals surface area contributed by atoms with Gasteiger partial charge in [-0.3, -0.25) is 0 Å². The number of rotatable bonds is 3. The molecule has 1 spiro atoms. The standard InChI is InChI=1S/C23H36O2/c1-14(13-24)17-5-6-18-16-11-20(25-4)23-12-15(23)7-10-22(23,3)19(16)8-9-21(17,18)2/h13-20H,5-12H2,1-4H3/t14-,15-,16+,17-,18+,19+,20-,21-,22-,23+/m1/s1. The Morgan fingerprint density at radius 1 is 1.08 bits per heavy atom. The molecule has 0 saturated heterocycles. The maximum Gasteiger partial charge on any atom is 0.123 e. The van der Waals surface area contributed by atoms with Crippen molar-refractivity contribution in [1.29, 1.82) is 0 Å². The number of methoxy groups -OCH3 is 1. The molecule has 5 saturated carbocycles. The highest BCUT2D eigenvalue weighted by atomic mass is 16.5. The van der Waals surface area contributed by atoms with E-state index in [1.54, 1.807) is 0 Å². The molecule has 25 heavy (non-hydrogen) atoms. The van der Waals surface area contributed by atoms with Crippen LogP contribution in [0.15, 0.2) is 0 Å². The summed E-state index contributed by atoms with van der Waals surface area (Å²) in [5.41, 5.74) is 1.45. The van der Waals surface area contributed by atoms with Crippen LogP contribution >= 0.6 is 0 Å². The van der Waals surface area contributed by atoms with Gasteiger partial charge >= 0.3 is 0 Å². The third-order valence-electron chi connectivity index (χ3n) is 10.8. The van der Waals surface area contributed by atoms with Gasteiger partial charge in [-0.2, -0.15) is 0 Å². The highest BCUT2D eigenvalue weighted by Crippen LogP contribution is 2.82. The summed E-state index contributed by atoms with van der Waals surface area (Å²) in [6.07, 6.45) is 12.7. The van der Waals surface area contributed by atoms with Crippen molar-refractivity contribution in [1.82, 2.24) is 0 Å². The Morgan fingerprint density at radius 2 is 1.88 bits per heavy atom. The highest BCUT2D eigenvalue weighted by Gasteiger charge is 2.77. The number of carbonyl (C=O) groups excluding carboxylic acids is 1. The summed E-state index contributed by atoms with van der Waals surface area (Å²) < 4.78 is 6.18. The van der Waals surface area contributed by atoms with Crippen LogP contribution in [-0.2, 0) is 9.53 Å². The molecule has 0 N–H and O–H groups in total. The highest BCUT2D eigenvalue weighted by molar-refractivity contribution is 5.53. The quantitative estimate of drug-likeness (QED) is 0.665. The Morgan fingerprint density at radius 3 is 2.56 bits per heavy atom. The van der Waals surface area contributed by atoms with E-state index in [2.05, 4.69) is 20.8 Å². The first-order valence-electron chi connectivity index (χ1n) is 10.9. The van der Waals surface area contributed by atoms with Crippen molar-refractivity contribution in [2.24, 2.45) is 51.8 Å². The van der Waals surface area contributed by atoms with Gasteiger partial charge in [-0.15, -0.1) is 0 Å². The van der Waals surface area contributed by atoms with Crippen LogP contribution in [0.2, 0.25) is 0 Å². The fourth-order valence-electron chi connectivity index (χ4n) is 9.58. The van der Waals surface area contributed by atoms with E-state index in [0.29, 0.717) is 28.3 Å². The van der Waals surface area contributed by atoms with Gasteiger partial charge in [0.1, 0.15) is 6.29 Å². The van der Waals surface area contributed by atoms with E-state index in [-0.39, 0.29) is 5.92 Å². The van der Waals surface area contributed by atoms with Crippen LogP contribution in [0.1, 0.15) is 72.1 Å². The van der Waals surface area contributed by atoms with Crippen molar-refractivity contribution in [3.63, 3.8) is 0 Å². The van der Waals surface area contributed by atoms with Crippen molar-refractivity contribution >= 4 is 6.29 Å². The third kappa shape index (κ3) is 1.79. The predicted molar refractivity (Wildman–Crippen MR) is 99.1 cm³/mol. The summed E-state index contributed by atoms with van der Waals surface area (Å²) in [5, 5.41) is 0. The largest absolute Gasteiger partial charge is 0.381 e. The number of fused-ring (bicyclic) bond motifs is 4. The molecular formula is C23H36O2. The molecule has 2 heteroatoms. The SMILES string of the molecule is CO[C@@H]1C[C@H]2[C@@H]3CC[C@H]([C@H](C)C=O)[C@@]3(C)CC[C@@H]2[C@@]2(C)CC[C@@H]3C[C@]312. The Kier molecular flexibility index (Phi) is 3.43. The van der Waals surface area contributed by atoms with Crippen LogP contribution in [0.5, 0.6) is 0 Å². The maximum atomic E-state index is 11.5. The summed E-state index contributed by atoms with van der Waals surface area (Å²) >= 11 is 0. The van der Waals surface area contributed by atoms with Gasteiger partial charge in [-0.1, -0.05) is 20.8 Å². The molecule has 2 nitrogen and oxygen atoms in total. The monoisotopic (exact) mass is 344 g/mol. The van der Waals surface area contributed by atoms with E-state index in [1.165, 1.54) is 57.7 Å². The van der Waals surface area contributed by atoms with Crippen molar-refractivity contribution in [2.45, 2.75) is 78.2 Å². The minimum absolute atomic E-state index is 0.231. The average Bonchev–Trinajstić information content (AvgIpc) is 3.12. The lowest BCUT2D eigenvalue weighted by Gasteiger charge is -2.61. The van der Waals surface area contributed by atoms with Gasteiger partial charge in [-0.05, 0) is 91.8 Å². The number of aldehydes is 1. The van der Waals surface area contributed by atoms with Gasteiger partial charge in [0.25, 0.3) is 0 Å². The zero-order valence-corrected chi connectivity index (χ0v) is 16.6. The van der Waals surface area contributed by atoms with Crippen molar-refractivity contribution < 1.29 is 9.53 Å². The topological polar surface area (TPSA) is 26.3 Å². The molecule has 0 heterocycles. The second-order valence-corrected chi connectivity index (χ2v) is 11.0. The Hall–Kier alpha value is -0.370. The second-order valence-electron chi connectivity index (χ2n) is 11.0. The van der Waals surface area contributed by atoms with E-state index in [0.717, 1.165) is 23.7 Å². The Labute approximate surface area is 153 Å². The maximum absolute atomic E-state index is 11.5. The van der Waals surface area contributed by atoms with E-state index in [1.807, 2.05) is 7.11 Å². The molecule has 140 valence electrons.